The van der Waals surface area contributed by atoms with Crippen molar-refractivity contribution < 1.29 is 28.3 Å². The molecule has 0 aliphatic heterocycles. The highest BCUT2D eigenvalue weighted by atomic mass is 32.1. The van der Waals surface area contributed by atoms with E-state index >= 15 is 0 Å². The van der Waals surface area contributed by atoms with Crippen LogP contribution >= 0.6 is 11.3 Å². The number of carbonyl (C=O) groups is 2. The summed E-state index contributed by atoms with van der Waals surface area (Å²) in [7, 11) is 4.66. The maximum absolute atomic E-state index is 13.9. The minimum Gasteiger partial charge on any atom is -0.493 e. The Balaban J connectivity index is 1.46. The zero-order valence-electron chi connectivity index (χ0n) is 28.0. The lowest BCUT2D eigenvalue weighted by Gasteiger charge is -2.24. The molecule has 0 spiro atoms. The summed E-state index contributed by atoms with van der Waals surface area (Å²) in [4.78, 5) is 45.1. The molecular weight excluding hydrogens is 634 g/mol. The topological polar surface area (TPSA) is 154 Å². The third-order valence-electron chi connectivity index (χ3n) is 8.57. The number of nitrogens with one attached hydrogen (secondary N) is 3. The van der Waals surface area contributed by atoms with E-state index in [9.17, 15) is 14.4 Å². The van der Waals surface area contributed by atoms with Crippen LogP contribution in [0.1, 0.15) is 56.7 Å². The van der Waals surface area contributed by atoms with E-state index in [0.29, 0.717) is 65.8 Å². The van der Waals surface area contributed by atoms with E-state index in [1.165, 1.54) is 31.4 Å². The average molecular weight is 676 g/mol. The smallest absolute Gasteiger partial charge is 0.242 e. The van der Waals surface area contributed by atoms with Gasteiger partial charge in [-0.1, -0.05) is 37.6 Å². The number of ether oxygens (including phenoxy) is 3. The number of fused-ring (bicyclic) bond motifs is 3. The van der Waals surface area contributed by atoms with Crippen LogP contribution in [0, 0.1) is 5.92 Å². The molecule has 3 atom stereocenters. The third kappa shape index (κ3) is 7.30. The standard InChI is InChI=1S/C35H41N5O7S/c1-7-19(2)31(35(43)36-15-14-29-39-34(40-47-29)28-9-8-16-48-28)38-25-13-11-22-23(18-26(25)42)24(37-20(3)41)12-10-21-17-27(44-4)32(45-5)33(46-6)30(21)22/h8-9,11,13,16-19,24,31H,7,10,12,14-15H2,1-6H3,(H,36,43)(H,37,41)(H,38,42). The van der Waals surface area contributed by atoms with E-state index in [0.717, 1.165) is 16.0 Å². The molecule has 48 heavy (non-hydrogen) atoms. The van der Waals surface area contributed by atoms with Crippen molar-refractivity contribution in [2.75, 3.05) is 33.2 Å². The highest BCUT2D eigenvalue weighted by Crippen LogP contribution is 2.50. The summed E-state index contributed by atoms with van der Waals surface area (Å²) < 4.78 is 22.5. The molecule has 1 aliphatic carbocycles. The third-order valence-corrected chi connectivity index (χ3v) is 9.44. The maximum Gasteiger partial charge on any atom is 0.242 e. The Morgan fingerprint density at radius 1 is 1.10 bits per heavy atom. The van der Waals surface area contributed by atoms with Gasteiger partial charge in [0.25, 0.3) is 0 Å². The molecule has 3 N–H and O–H groups in total. The number of benzene rings is 1. The Morgan fingerprint density at radius 2 is 1.90 bits per heavy atom. The van der Waals surface area contributed by atoms with Crippen molar-refractivity contribution in [3.05, 3.63) is 69.0 Å². The van der Waals surface area contributed by atoms with Gasteiger partial charge in [-0.05, 0) is 65.1 Å². The number of thiophene rings is 1. The second kappa shape index (κ2) is 15.3. The molecule has 4 aromatic rings. The molecule has 13 heteroatoms. The molecule has 0 fully saturated rings. The van der Waals surface area contributed by atoms with Crippen LogP contribution in [-0.2, 0) is 22.4 Å². The Kier molecular flexibility index (Phi) is 11.0. The molecular formula is C35H41N5O7S. The van der Waals surface area contributed by atoms with Crippen LogP contribution in [-0.4, -0.2) is 55.9 Å². The van der Waals surface area contributed by atoms with Gasteiger partial charge >= 0.3 is 0 Å². The van der Waals surface area contributed by atoms with Gasteiger partial charge in [0.2, 0.25) is 34.7 Å². The summed E-state index contributed by atoms with van der Waals surface area (Å²) in [5, 5.41) is 15.2. The number of anilines is 1. The minimum absolute atomic E-state index is 0.105. The van der Waals surface area contributed by atoms with Crippen molar-refractivity contribution in [1.82, 2.24) is 20.8 Å². The van der Waals surface area contributed by atoms with Gasteiger partial charge in [-0.3, -0.25) is 14.4 Å². The minimum atomic E-state index is -0.702. The number of carbonyl (C=O) groups excluding carboxylic acids is 2. The molecule has 0 bridgehead atoms. The normalized spacial score (nSPS) is 14.8. The van der Waals surface area contributed by atoms with E-state index < -0.39 is 12.1 Å². The summed E-state index contributed by atoms with van der Waals surface area (Å²) in [6.45, 7) is 5.68. The lowest BCUT2D eigenvalue weighted by Crippen LogP contribution is -2.45. The largest absolute Gasteiger partial charge is 0.493 e. The van der Waals surface area contributed by atoms with Crippen LogP contribution in [0.5, 0.6) is 17.2 Å². The van der Waals surface area contributed by atoms with Gasteiger partial charge in [0.15, 0.2) is 11.5 Å². The number of hydrogen-bond donors (Lipinski definition) is 3. The molecule has 5 rings (SSSR count). The number of nitrogens with zero attached hydrogens (tertiary/aromatic N) is 2. The van der Waals surface area contributed by atoms with Crippen molar-refractivity contribution in [3.63, 3.8) is 0 Å². The van der Waals surface area contributed by atoms with Crippen LogP contribution in [0.4, 0.5) is 5.69 Å². The van der Waals surface area contributed by atoms with E-state index in [4.69, 9.17) is 18.7 Å². The van der Waals surface area contributed by atoms with Crippen molar-refractivity contribution in [3.8, 4) is 39.1 Å². The van der Waals surface area contributed by atoms with Crippen molar-refractivity contribution in [1.29, 1.82) is 0 Å². The van der Waals surface area contributed by atoms with Gasteiger partial charge in [-0.25, -0.2) is 0 Å². The van der Waals surface area contributed by atoms with Gasteiger partial charge < -0.3 is 34.7 Å². The van der Waals surface area contributed by atoms with E-state index in [1.807, 2.05) is 43.5 Å². The predicted octanol–water partition coefficient (Wildman–Crippen LogP) is 5.16. The SMILES string of the molecule is CCC(C)C(Nc1ccc2c(cc1=O)C(NC(C)=O)CCc1cc(OC)c(OC)c(OC)c1-2)C(=O)NCCc1nc(-c2cccs2)no1. The number of rotatable bonds is 13. The van der Waals surface area contributed by atoms with Crippen molar-refractivity contribution in [2.45, 2.75) is 58.5 Å². The first kappa shape index (κ1) is 34.4. The van der Waals surface area contributed by atoms with Crippen LogP contribution in [0.15, 0.2) is 51.1 Å². The lowest BCUT2D eigenvalue weighted by atomic mass is 9.95. The first-order valence-electron chi connectivity index (χ1n) is 15.9. The van der Waals surface area contributed by atoms with Gasteiger partial charge in [0.1, 0.15) is 6.04 Å². The van der Waals surface area contributed by atoms with Crippen molar-refractivity contribution in [2.24, 2.45) is 5.92 Å². The Labute approximate surface area is 283 Å². The zero-order chi connectivity index (χ0) is 34.4. The summed E-state index contributed by atoms with van der Waals surface area (Å²) >= 11 is 1.52. The van der Waals surface area contributed by atoms with E-state index in [-0.39, 0.29) is 35.4 Å². The van der Waals surface area contributed by atoms with Gasteiger partial charge in [-0.15, -0.1) is 11.3 Å². The number of hydrogen-bond acceptors (Lipinski definition) is 11. The number of aromatic nitrogens is 2. The average Bonchev–Trinajstić information content (AvgIpc) is 3.73. The quantitative estimate of drug-likeness (QED) is 0.173. The van der Waals surface area contributed by atoms with E-state index in [1.54, 1.807) is 20.3 Å². The number of methoxy groups -OCH3 is 3. The summed E-state index contributed by atoms with van der Waals surface area (Å²) in [5.74, 6) is 1.77. The number of aryl methyl sites for hydroxylation is 1. The fraction of sp³-hybridized carbons (Fsp3) is 0.400. The predicted molar refractivity (Wildman–Crippen MR) is 184 cm³/mol. The first-order chi connectivity index (χ1) is 23.2. The molecule has 0 saturated carbocycles. The van der Waals surface area contributed by atoms with E-state index in [2.05, 4.69) is 26.1 Å². The molecule has 1 aliphatic rings. The maximum atomic E-state index is 13.9. The van der Waals surface area contributed by atoms with Crippen LogP contribution in [0.3, 0.4) is 0 Å². The van der Waals surface area contributed by atoms with Gasteiger partial charge in [0.05, 0.1) is 37.9 Å². The summed E-state index contributed by atoms with van der Waals surface area (Å²) in [6.07, 6.45) is 2.18. The van der Waals surface area contributed by atoms with Crippen LogP contribution < -0.4 is 35.6 Å². The molecule has 2 heterocycles. The van der Waals surface area contributed by atoms with Crippen LogP contribution in [0.2, 0.25) is 0 Å². The Hall–Kier alpha value is -4.91. The van der Waals surface area contributed by atoms with Gasteiger partial charge in [-0.2, -0.15) is 4.98 Å². The molecule has 12 nitrogen and oxygen atoms in total. The fourth-order valence-electron chi connectivity index (χ4n) is 5.96. The second-order valence-corrected chi connectivity index (χ2v) is 12.6. The summed E-state index contributed by atoms with van der Waals surface area (Å²) in [5.41, 5.74) is 2.95. The molecule has 2 amide bonds. The molecule has 0 saturated heterocycles. The molecule has 0 radical (unpaired) electrons. The van der Waals surface area contributed by atoms with Crippen LogP contribution in [0.25, 0.3) is 21.8 Å². The zero-order valence-corrected chi connectivity index (χ0v) is 28.8. The highest BCUT2D eigenvalue weighted by Gasteiger charge is 2.30. The lowest BCUT2D eigenvalue weighted by molar-refractivity contribution is -0.123. The summed E-state index contributed by atoms with van der Waals surface area (Å²) in [6, 6.07) is 9.64. The fourth-order valence-corrected chi connectivity index (χ4v) is 6.61. The molecule has 2 aromatic heterocycles. The second-order valence-electron chi connectivity index (χ2n) is 11.6. The Morgan fingerprint density at radius 3 is 2.56 bits per heavy atom. The number of amides is 2. The first-order valence-corrected chi connectivity index (χ1v) is 16.7. The monoisotopic (exact) mass is 675 g/mol. The Bertz CT molecular complexity index is 1820. The molecule has 3 unspecified atom stereocenters. The van der Waals surface area contributed by atoms with Crippen molar-refractivity contribution >= 4 is 28.8 Å². The highest BCUT2D eigenvalue weighted by molar-refractivity contribution is 7.13. The molecule has 254 valence electrons. The van der Waals surface area contributed by atoms with Gasteiger partial charge in [0, 0.05) is 25.5 Å². The molecule has 2 aromatic carbocycles.